The Balaban J connectivity index is 1.53. The van der Waals surface area contributed by atoms with E-state index < -0.39 is 8.07 Å². The highest BCUT2D eigenvalue weighted by Crippen LogP contribution is 2.61. The molecule has 1 saturated carbocycles. The van der Waals surface area contributed by atoms with E-state index in [0.717, 1.165) is 11.8 Å². The average molecular weight is 457 g/mol. The fraction of sp³-hybridized carbons (Fsp3) is 0.273. The number of benzene rings is 4. The van der Waals surface area contributed by atoms with Gasteiger partial charge in [0, 0.05) is 5.54 Å². The minimum Gasteiger partial charge on any atom is -0.0641 e. The minimum absolute atomic E-state index is 0.487. The van der Waals surface area contributed by atoms with Gasteiger partial charge in [0.1, 0.15) is 8.07 Å². The van der Waals surface area contributed by atoms with Gasteiger partial charge in [0.05, 0.1) is 0 Å². The molecule has 0 spiro atoms. The lowest BCUT2D eigenvalue weighted by Crippen LogP contribution is -2.57. The van der Waals surface area contributed by atoms with Crippen LogP contribution < -0.4 is 5.19 Å². The lowest BCUT2D eigenvalue weighted by molar-refractivity contribution is 0.319. The highest BCUT2D eigenvalue weighted by atomic mass is 28.3. The first-order valence-corrected chi connectivity index (χ1v) is 15.8. The van der Waals surface area contributed by atoms with Gasteiger partial charge in [-0.05, 0) is 63.6 Å². The van der Waals surface area contributed by atoms with Gasteiger partial charge >= 0.3 is 0 Å². The molecule has 0 heterocycles. The summed E-state index contributed by atoms with van der Waals surface area (Å²) in [6.07, 6.45) is 5.54. The summed E-state index contributed by atoms with van der Waals surface area (Å²) in [4.78, 5) is 0. The highest BCUT2D eigenvalue weighted by Gasteiger charge is 2.56. The SMILES string of the molecule is C[Si@](c1ccccc1)(C1c2ccccc2-c2ccccc21)C1c2ccccc2C2CCCCC21. The second kappa shape index (κ2) is 7.82. The van der Waals surface area contributed by atoms with Crippen molar-refractivity contribution in [3.05, 3.63) is 125 Å². The first kappa shape index (κ1) is 20.5. The summed E-state index contributed by atoms with van der Waals surface area (Å²) < 4.78 is 0. The number of hydrogen-bond acceptors (Lipinski definition) is 0. The molecular weight excluding hydrogens is 424 g/mol. The molecule has 4 aromatic rings. The van der Waals surface area contributed by atoms with Gasteiger partial charge in [0.2, 0.25) is 0 Å². The zero-order chi connectivity index (χ0) is 22.7. The van der Waals surface area contributed by atoms with E-state index in [1.54, 1.807) is 27.4 Å². The van der Waals surface area contributed by atoms with E-state index in [1.807, 2.05) is 0 Å². The van der Waals surface area contributed by atoms with Gasteiger partial charge in [-0.3, -0.25) is 0 Å². The normalized spacial score (nSPS) is 24.6. The zero-order valence-corrected chi connectivity index (χ0v) is 21.0. The van der Waals surface area contributed by atoms with E-state index >= 15 is 0 Å². The van der Waals surface area contributed by atoms with Crippen LogP contribution in [0, 0.1) is 5.92 Å². The van der Waals surface area contributed by atoms with Gasteiger partial charge in [0.15, 0.2) is 0 Å². The van der Waals surface area contributed by atoms with Crippen LogP contribution in [0.2, 0.25) is 6.55 Å². The molecular formula is C33H32Si. The molecule has 3 aliphatic carbocycles. The van der Waals surface area contributed by atoms with Crippen LogP contribution in [0.4, 0.5) is 0 Å². The van der Waals surface area contributed by atoms with Gasteiger partial charge < -0.3 is 0 Å². The molecule has 168 valence electrons. The molecule has 1 heteroatoms. The van der Waals surface area contributed by atoms with Crippen LogP contribution in [0.15, 0.2) is 103 Å². The van der Waals surface area contributed by atoms with Gasteiger partial charge in [-0.15, -0.1) is 0 Å². The summed E-state index contributed by atoms with van der Waals surface area (Å²) in [5, 5.41) is 1.62. The zero-order valence-electron chi connectivity index (χ0n) is 20.0. The third-order valence-corrected chi connectivity index (χ3v) is 14.9. The standard InChI is InChI=1S/C33H32Si/c1-34(23-13-3-2-4-14-23,32-28-19-9-5-15-24(28)25-16-6-10-20-29(25)32)33-30-21-11-7-17-26(30)27-18-8-12-22-31(27)33/h2-7,9-11,13-17,19-21,27,31-33H,8,12,18,22H2,1H3/t27?,31?,33?,34-/m0/s1. The lowest BCUT2D eigenvalue weighted by Gasteiger charge is -2.45. The minimum atomic E-state index is -2.12. The number of rotatable bonds is 3. The van der Waals surface area contributed by atoms with Gasteiger partial charge in [-0.25, -0.2) is 0 Å². The Morgan fingerprint density at radius 1 is 0.559 bits per heavy atom. The van der Waals surface area contributed by atoms with Crippen LogP contribution >= 0.6 is 0 Å². The van der Waals surface area contributed by atoms with Crippen molar-refractivity contribution in [2.45, 2.75) is 49.2 Å². The molecule has 3 aliphatic rings. The third-order valence-electron chi connectivity index (χ3n) is 9.45. The molecule has 0 aliphatic heterocycles. The second-order valence-corrected chi connectivity index (χ2v) is 15.3. The summed E-state index contributed by atoms with van der Waals surface area (Å²) >= 11 is 0. The molecule has 0 N–H and O–H groups in total. The molecule has 0 nitrogen and oxygen atoms in total. The van der Waals surface area contributed by atoms with Crippen LogP contribution in [0.25, 0.3) is 11.1 Å². The molecule has 0 bridgehead atoms. The van der Waals surface area contributed by atoms with Crippen LogP contribution in [0.3, 0.4) is 0 Å². The van der Waals surface area contributed by atoms with Crippen molar-refractivity contribution in [3.8, 4) is 11.1 Å². The summed E-state index contributed by atoms with van der Waals surface area (Å²) in [5.41, 5.74) is 10.6. The average Bonchev–Trinajstić information content (AvgIpc) is 3.43. The molecule has 0 saturated heterocycles. The Morgan fingerprint density at radius 3 is 1.76 bits per heavy atom. The summed E-state index contributed by atoms with van der Waals surface area (Å²) in [6.45, 7) is 2.74. The molecule has 1 fully saturated rings. The van der Waals surface area contributed by atoms with E-state index in [2.05, 4.69) is 110 Å². The Morgan fingerprint density at radius 2 is 1.09 bits per heavy atom. The van der Waals surface area contributed by atoms with Crippen LogP contribution in [-0.4, -0.2) is 8.07 Å². The topological polar surface area (TPSA) is 0 Å². The fourth-order valence-corrected chi connectivity index (χ4v) is 14.2. The Bertz CT molecular complexity index is 1310. The Labute approximate surface area is 204 Å². The Kier molecular flexibility index (Phi) is 4.71. The largest absolute Gasteiger partial charge is 0.103 e. The monoisotopic (exact) mass is 456 g/mol. The molecule has 0 aromatic heterocycles. The fourth-order valence-electron chi connectivity index (χ4n) is 8.20. The van der Waals surface area contributed by atoms with Crippen LogP contribution in [0.1, 0.15) is 64.9 Å². The molecule has 4 atom stereocenters. The first-order chi connectivity index (χ1) is 16.8. The molecule has 4 aromatic carbocycles. The Hall–Kier alpha value is -2.90. The van der Waals surface area contributed by atoms with Crippen LogP contribution in [0.5, 0.6) is 0 Å². The predicted molar refractivity (Wildman–Crippen MR) is 145 cm³/mol. The van der Waals surface area contributed by atoms with Crippen molar-refractivity contribution in [2.75, 3.05) is 0 Å². The number of hydrogen-bond donors (Lipinski definition) is 0. The summed E-state index contributed by atoms with van der Waals surface area (Å²) in [5.74, 6) is 1.53. The molecule has 7 rings (SSSR count). The van der Waals surface area contributed by atoms with Gasteiger partial charge in [0.25, 0.3) is 0 Å². The van der Waals surface area contributed by atoms with E-state index in [4.69, 9.17) is 0 Å². The maximum absolute atomic E-state index is 2.74. The highest BCUT2D eigenvalue weighted by molar-refractivity contribution is 6.93. The van der Waals surface area contributed by atoms with Gasteiger partial charge in [-0.1, -0.05) is 128 Å². The summed E-state index contributed by atoms with van der Waals surface area (Å²) in [6, 6.07) is 39.8. The third kappa shape index (κ3) is 2.77. The van der Waals surface area contributed by atoms with Crippen molar-refractivity contribution in [1.82, 2.24) is 0 Å². The van der Waals surface area contributed by atoms with Crippen LogP contribution in [-0.2, 0) is 0 Å². The van der Waals surface area contributed by atoms with Crippen molar-refractivity contribution in [2.24, 2.45) is 5.92 Å². The lowest BCUT2D eigenvalue weighted by atomic mass is 9.79. The van der Waals surface area contributed by atoms with E-state index in [0.29, 0.717) is 11.1 Å². The summed E-state index contributed by atoms with van der Waals surface area (Å²) in [7, 11) is -2.12. The van der Waals surface area contributed by atoms with E-state index in [-0.39, 0.29) is 0 Å². The molecule has 34 heavy (non-hydrogen) atoms. The smallest absolute Gasteiger partial charge is 0.0641 e. The van der Waals surface area contributed by atoms with Gasteiger partial charge in [-0.2, -0.15) is 0 Å². The van der Waals surface area contributed by atoms with E-state index in [9.17, 15) is 0 Å². The molecule has 3 unspecified atom stereocenters. The molecule has 0 radical (unpaired) electrons. The quantitative estimate of drug-likeness (QED) is 0.275. The van der Waals surface area contributed by atoms with Crippen molar-refractivity contribution < 1.29 is 0 Å². The first-order valence-electron chi connectivity index (χ1n) is 13.1. The number of fused-ring (bicyclic) bond motifs is 6. The maximum atomic E-state index is 2.74. The molecule has 0 amide bonds. The maximum Gasteiger partial charge on any atom is 0.103 e. The van der Waals surface area contributed by atoms with E-state index in [1.165, 1.54) is 36.8 Å². The van der Waals surface area contributed by atoms with Crippen molar-refractivity contribution in [1.29, 1.82) is 0 Å². The van der Waals surface area contributed by atoms with Crippen molar-refractivity contribution in [3.63, 3.8) is 0 Å². The van der Waals surface area contributed by atoms with Crippen molar-refractivity contribution >= 4 is 13.3 Å². The second-order valence-electron chi connectivity index (χ2n) is 10.9. The predicted octanol–water partition coefficient (Wildman–Crippen LogP) is 7.93.